The topological polar surface area (TPSA) is 29.3 Å². The summed E-state index contributed by atoms with van der Waals surface area (Å²) < 4.78 is 0. The van der Waals surface area contributed by atoms with Crippen LogP contribution >= 0.6 is 0 Å². The van der Waals surface area contributed by atoms with Crippen molar-refractivity contribution in [2.24, 2.45) is 17.7 Å². The normalized spacial score (nSPS) is 58.5. The van der Waals surface area contributed by atoms with Crippen LogP contribution in [-0.4, -0.2) is 17.1 Å². The molecule has 0 atom stereocenters. The van der Waals surface area contributed by atoms with E-state index >= 15 is 0 Å². The van der Waals surface area contributed by atoms with Crippen LogP contribution in [0.4, 0.5) is 0 Å². The SMILES string of the molecule is NN1C2CC3CC1CC3C2. The lowest BCUT2D eigenvalue weighted by atomic mass is 10.00. The van der Waals surface area contributed by atoms with Crippen LogP contribution in [0.3, 0.4) is 0 Å². The Morgan fingerprint density at radius 2 is 1.30 bits per heavy atom. The molecule has 0 unspecified atom stereocenters. The molecule has 0 aromatic rings. The fourth-order valence-electron chi connectivity index (χ4n) is 3.34. The van der Waals surface area contributed by atoms with E-state index < -0.39 is 0 Å². The molecule has 2 saturated carbocycles. The highest BCUT2D eigenvalue weighted by molar-refractivity contribution is 5.03. The van der Waals surface area contributed by atoms with Gasteiger partial charge in [0.05, 0.1) is 0 Å². The maximum atomic E-state index is 5.93. The van der Waals surface area contributed by atoms with E-state index in [1.807, 2.05) is 0 Å². The van der Waals surface area contributed by atoms with Crippen LogP contribution < -0.4 is 5.84 Å². The molecule has 4 aliphatic rings. The maximum Gasteiger partial charge on any atom is 0.0249 e. The van der Waals surface area contributed by atoms with Crippen molar-refractivity contribution in [3.63, 3.8) is 0 Å². The second-order valence-electron chi connectivity index (χ2n) is 4.22. The molecule has 2 heterocycles. The van der Waals surface area contributed by atoms with Gasteiger partial charge in [-0.25, -0.2) is 5.01 Å². The number of hydrogen-bond donors (Lipinski definition) is 1. The molecule has 10 heavy (non-hydrogen) atoms. The van der Waals surface area contributed by atoms with Gasteiger partial charge in [0.15, 0.2) is 0 Å². The molecule has 2 saturated heterocycles. The number of nitrogens with two attached hydrogens (primary N) is 1. The molecule has 0 aromatic carbocycles. The highest BCUT2D eigenvalue weighted by Crippen LogP contribution is 2.51. The van der Waals surface area contributed by atoms with Crippen LogP contribution in [-0.2, 0) is 0 Å². The molecule has 2 N–H and O–H groups in total. The van der Waals surface area contributed by atoms with Gasteiger partial charge in [0, 0.05) is 12.1 Å². The number of nitrogens with zero attached hydrogens (tertiary/aromatic N) is 1. The largest absolute Gasteiger partial charge is 0.268 e. The molecule has 4 rings (SSSR count). The summed E-state index contributed by atoms with van der Waals surface area (Å²) in [7, 11) is 0. The maximum absolute atomic E-state index is 5.93. The third-order valence-electron chi connectivity index (χ3n) is 3.81. The molecule has 0 radical (unpaired) electrons. The Bertz CT molecular complexity index is 139. The number of piperidine rings is 2. The van der Waals surface area contributed by atoms with Gasteiger partial charge in [0.25, 0.3) is 0 Å². The van der Waals surface area contributed by atoms with Crippen molar-refractivity contribution in [3.05, 3.63) is 0 Å². The molecule has 2 heteroatoms. The summed E-state index contributed by atoms with van der Waals surface area (Å²) in [5, 5.41) is 2.14. The van der Waals surface area contributed by atoms with E-state index in [1.165, 1.54) is 25.7 Å². The summed E-state index contributed by atoms with van der Waals surface area (Å²) in [6.45, 7) is 0. The number of hydrogen-bond acceptors (Lipinski definition) is 2. The second-order valence-corrected chi connectivity index (χ2v) is 4.22. The zero-order chi connectivity index (χ0) is 6.72. The second kappa shape index (κ2) is 1.56. The summed E-state index contributed by atoms with van der Waals surface area (Å²) in [5.41, 5.74) is 0. The smallest absolute Gasteiger partial charge is 0.0249 e. The van der Waals surface area contributed by atoms with Gasteiger partial charge in [0.1, 0.15) is 0 Å². The van der Waals surface area contributed by atoms with E-state index in [0.29, 0.717) is 0 Å². The Balaban J connectivity index is 1.98. The van der Waals surface area contributed by atoms with Gasteiger partial charge in [-0.05, 0) is 37.5 Å². The van der Waals surface area contributed by atoms with Gasteiger partial charge in [-0.1, -0.05) is 0 Å². The molecule has 2 nitrogen and oxygen atoms in total. The lowest BCUT2D eigenvalue weighted by molar-refractivity contribution is 0.0871. The van der Waals surface area contributed by atoms with Crippen molar-refractivity contribution >= 4 is 0 Å². The molecule has 2 aliphatic carbocycles. The highest BCUT2D eigenvalue weighted by atomic mass is 15.5. The Hall–Kier alpha value is -0.0800. The zero-order valence-electron chi connectivity index (χ0n) is 6.16. The summed E-state index contributed by atoms with van der Waals surface area (Å²) in [6, 6.07) is 1.53. The fraction of sp³-hybridized carbons (Fsp3) is 1.00. The Labute approximate surface area is 61.3 Å². The molecule has 2 aliphatic heterocycles. The van der Waals surface area contributed by atoms with Gasteiger partial charge in [0.2, 0.25) is 0 Å². The molecule has 56 valence electrons. The molecule has 0 spiro atoms. The third kappa shape index (κ3) is 0.487. The first-order chi connectivity index (χ1) is 4.84. The molecule has 0 amide bonds. The molecule has 4 bridgehead atoms. The van der Waals surface area contributed by atoms with Gasteiger partial charge in [-0.2, -0.15) is 0 Å². The van der Waals surface area contributed by atoms with Crippen LogP contribution in [0.5, 0.6) is 0 Å². The molecular formula is C8H14N2. The monoisotopic (exact) mass is 138 g/mol. The Morgan fingerprint density at radius 3 is 1.70 bits per heavy atom. The van der Waals surface area contributed by atoms with E-state index in [0.717, 1.165) is 23.9 Å². The minimum atomic E-state index is 0.766. The van der Waals surface area contributed by atoms with E-state index in [1.54, 1.807) is 0 Å². The average molecular weight is 138 g/mol. The summed E-state index contributed by atoms with van der Waals surface area (Å²) >= 11 is 0. The Morgan fingerprint density at radius 1 is 0.900 bits per heavy atom. The average Bonchev–Trinajstić information content (AvgIpc) is 2.33. The van der Waals surface area contributed by atoms with Crippen molar-refractivity contribution < 1.29 is 0 Å². The van der Waals surface area contributed by atoms with Gasteiger partial charge >= 0.3 is 0 Å². The van der Waals surface area contributed by atoms with Crippen molar-refractivity contribution in [1.82, 2.24) is 5.01 Å². The van der Waals surface area contributed by atoms with Crippen LogP contribution in [0, 0.1) is 11.8 Å². The van der Waals surface area contributed by atoms with E-state index in [4.69, 9.17) is 5.84 Å². The Kier molecular flexibility index (Phi) is 0.868. The highest BCUT2D eigenvalue weighted by Gasteiger charge is 2.50. The summed E-state index contributed by atoms with van der Waals surface area (Å²) in [6.07, 6.45) is 5.60. The predicted molar refractivity (Wildman–Crippen MR) is 39.1 cm³/mol. The van der Waals surface area contributed by atoms with Crippen molar-refractivity contribution in [1.29, 1.82) is 0 Å². The van der Waals surface area contributed by atoms with Gasteiger partial charge < -0.3 is 0 Å². The zero-order valence-corrected chi connectivity index (χ0v) is 6.16. The van der Waals surface area contributed by atoms with Crippen molar-refractivity contribution in [3.8, 4) is 0 Å². The lowest BCUT2D eigenvalue weighted by Gasteiger charge is -2.36. The van der Waals surface area contributed by atoms with Crippen LogP contribution in [0.1, 0.15) is 25.7 Å². The number of hydrazine groups is 1. The summed E-state index contributed by atoms with van der Waals surface area (Å²) in [4.78, 5) is 0. The van der Waals surface area contributed by atoms with E-state index in [-0.39, 0.29) is 0 Å². The summed E-state index contributed by atoms with van der Waals surface area (Å²) in [5.74, 6) is 8.06. The quantitative estimate of drug-likeness (QED) is 0.500. The van der Waals surface area contributed by atoms with Gasteiger partial charge in [-0.3, -0.25) is 5.84 Å². The first-order valence-corrected chi connectivity index (χ1v) is 4.37. The van der Waals surface area contributed by atoms with E-state index in [2.05, 4.69) is 5.01 Å². The van der Waals surface area contributed by atoms with E-state index in [9.17, 15) is 0 Å². The van der Waals surface area contributed by atoms with Gasteiger partial charge in [-0.15, -0.1) is 0 Å². The third-order valence-corrected chi connectivity index (χ3v) is 3.81. The lowest BCUT2D eigenvalue weighted by Crippen LogP contribution is -2.50. The molecular weight excluding hydrogens is 124 g/mol. The van der Waals surface area contributed by atoms with Crippen LogP contribution in [0.2, 0.25) is 0 Å². The predicted octanol–water partition coefficient (Wildman–Crippen LogP) is 0.733. The fourth-order valence-corrected chi connectivity index (χ4v) is 3.34. The standard InChI is InChI=1S/C8H14N2/c9-10-7-1-5-2-8(10)4-6(5)3-7/h5-8H,1-4,9H2. The first-order valence-electron chi connectivity index (χ1n) is 4.37. The van der Waals surface area contributed by atoms with Crippen molar-refractivity contribution in [2.75, 3.05) is 0 Å². The van der Waals surface area contributed by atoms with Crippen molar-refractivity contribution in [2.45, 2.75) is 37.8 Å². The molecule has 0 aromatic heterocycles. The van der Waals surface area contributed by atoms with Crippen LogP contribution in [0.15, 0.2) is 0 Å². The first kappa shape index (κ1) is 5.56. The number of rotatable bonds is 0. The minimum absolute atomic E-state index is 0.766. The van der Waals surface area contributed by atoms with Crippen LogP contribution in [0.25, 0.3) is 0 Å². The minimum Gasteiger partial charge on any atom is -0.268 e. The molecule has 4 fully saturated rings.